The minimum absolute atomic E-state index is 0.201. The Morgan fingerprint density at radius 3 is 2.53 bits per heavy atom. The first-order valence-corrected chi connectivity index (χ1v) is 11.5. The number of rotatable bonds is 7. The third-order valence-corrected chi connectivity index (χ3v) is 7.04. The number of halogens is 1. The molecule has 0 saturated carbocycles. The van der Waals surface area contributed by atoms with Crippen LogP contribution in [0.15, 0.2) is 58.5 Å². The third kappa shape index (κ3) is 5.38. The van der Waals surface area contributed by atoms with Gasteiger partial charge < -0.3 is 4.74 Å². The highest BCUT2D eigenvalue weighted by atomic mass is 35.5. The molecular formula is C21H24ClN3O4S. The van der Waals surface area contributed by atoms with Crippen LogP contribution in [-0.4, -0.2) is 44.5 Å². The molecule has 2 aromatic rings. The van der Waals surface area contributed by atoms with Crippen LogP contribution in [0.5, 0.6) is 5.75 Å². The smallest absolute Gasteiger partial charge is 0.243 e. The van der Waals surface area contributed by atoms with Gasteiger partial charge in [0.1, 0.15) is 5.75 Å². The van der Waals surface area contributed by atoms with Gasteiger partial charge in [0, 0.05) is 29.6 Å². The fraction of sp³-hybridized carbons (Fsp3) is 0.333. The summed E-state index contributed by atoms with van der Waals surface area (Å²) in [6.07, 6.45) is 2.41. The highest BCUT2D eigenvalue weighted by molar-refractivity contribution is 7.89. The summed E-state index contributed by atoms with van der Waals surface area (Å²) in [5.41, 5.74) is 3.32. The average Bonchev–Trinajstić information content (AvgIpc) is 2.75. The molecule has 0 aliphatic carbocycles. The summed E-state index contributed by atoms with van der Waals surface area (Å²) in [4.78, 5) is 12.6. The number of nitrogens with one attached hydrogen (secondary N) is 1. The number of amides is 1. The number of carbonyl (C=O) groups is 1. The molecule has 1 aliphatic rings. The molecule has 0 radical (unpaired) electrons. The van der Waals surface area contributed by atoms with Gasteiger partial charge in [-0.05, 0) is 56.2 Å². The van der Waals surface area contributed by atoms with E-state index in [4.69, 9.17) is 16.3 Å². The van der Waals surface area contributed by atoms with Crippen LogP contribution in [0.4, 0.5) is 0 Å². The first kappa shape index (κ1) is 22.3. The molecule has 9 heteroatoms. The zero-order valence-electron chi connectivity index (χ0n) is 16.6. The van der Waals surface area contributed by atoms with Crippen molar-refractivity contribution in [3.63, 3.8) is 0 Å². The lowest BCUT2D eigenvalue weighted by molar-refractivity contribution is -0.126. The molecule has 2 aromatic carbocycles. The van der Waals surface area contributed by atoms with Gasteiger partial charge in [-0.1, -0.05) is 23.7 Å². The van der Waals surface area contributed by atoms with Crippen molar-refractivity contribution in [2.24, 2.45) is 11.0 Å². The summed E-state index contributed by atoms with van der Waals surface area (Å²) in [6.45, 7) is 2.99. The average molecular weight is 450 g/mol. The Bertz CT molecular complexity index is 1000. The van der Waals surface area contributed by atoms with Gasteiger partial charge in [-0.3, -0.25) is 4.79 Å². The standard InChI is InChI=1S/C21H24ClN3O4S/c1-2-29-20-6-4-3-5-17(20)15-23-24-21(26)16-11-13-25(14-12-16)30(27,28)19-9-7-18(22)8-10-19/h3-10,15-16H,2,11-14H2,1H3,(H,24,26)/b23-15-. The van der Waals surface area contributed by atoms with Crippen LogP contribution in [0, 0.1) is 5.92 Å². The zero-order valence-corrected chi connectivity index (χ0v) is 18.2. The van der Waals surface area contributed by atoms with E-state index in [1.807, 2.05) is 31.2 Å². The van der Waals surface area contributed by atoms with Crippen molar-refractivity contribution in [2.75, 3.05) is 19.7 Å². The van der Waals surface area contributed by atoms with E-state index in [1.165, 1.54) is 16.4 Å². The summed E-state index contributed by atoms with van der Waals surface area (Å²) >= 11 is 5.84. The largest absolute Gasteiger partial charge is 0.493 e. The highest BCUT2D eigenvalue weighted by Crippen LogP contribution is 2.25. The number of carbonyl (C=O) groups excluding carboxylic acids is 1. The molecule has 1 saturated heterocycles. The van der Waals surface area contributed by atoms with Crippen molar-refractivity contribution < 1.29 is 17.9 Å². The molecule has 3 rings (SSSR count). The van der Waals surface area contributed by atoms with Crippen molar-refractivity contribution >= 4 is 33.7 Å². The Balaban J connectivity index is 1.55. The van der Waals surface area contributed by atoms with Crippen LogP contribution < -0.4 is 10.2 Å². The molecule has 0 aromatic heterocycles. The first-order valence-electron chi connectivity index (χ1n) is 9.72. The van der Waals surface area contributed by atoms with Crippen LogP contribution >= 0.6 is 11.6 Å². The SMILES string of the molecule is CCOc1ccccc1/C=N\NC(=O)C1CCN(S(=O)(=O)c2ccc(Cl)cc2)CC1. The number of hydrogen-bond acceptors (Lipinski definition) is 5. The number of piperidine rings is 1. The number of hydrogen-bond donors (Lipinski definition) is 1. The lowest BCUT2D eigenvalue weighted by Gasteiger charge is -2.30. The molecule has 30 heavy (non-hydrogen) atoms. The quantitative estimate of drug-likeness (QED) is 0.519. The highest BCUT2D eigenvalue weighted by Gasteiger charge is 2.32. The predicted molar refractivity (Wildman–Crippen MR) is 116 cm³/mol. The monoisotopic (exact) mass is 449 g/mol. The number of sulfonamides is 1. The zero-order chi connectivity index (χ0) is 21.6. The van der Waals surface area contributed by atoms with Crippen molar-refractivity contribution in [3.05, 3.63) is 59.1 Å². The van der Waals surface area contributed by atoms with Crippen molar-refractivity contribution in [1.29, 1.82) is 0 Å². The summed E-state index contributed by atoms with van der Waals surface area (Å²) in [7, 11) is -3.59. The second-order valence-electron chi connectivity index (χ2n) is 6.84. The fourth-order valence-corrected chi connectivity index (χ4v) is 4.84. The minimum Gasteiger partial charge on any atom is -0.493 e. The molecule has 0 atom stereocenters. The van der Waals surface area contributed by atoms with Gasteiger partial charge in [-0.15, -0.1) is 0 Å². The number of nitrogens with zero attached hydrogens (tertiary/aromatic N) is 2. The summed E-state index contributed by atoms with van der Waals surface area (Å²) in [5, 5.41) is 4.51. The van der Waals surface area contributed by atoms with E-state index >= 15 is 0 Å². The second-order valence-corrected chi connectivity index (χ2v) is 9.21. The van der Waals surface area contributed by atoms with Crippen LogP contribution in [0.3, 0.4) is 0 Å². The van der Waals surface area contributed by atoms with E-state index in [0.717, 1.165) is 5.56 Å². The van der Waals surface area contributed by atoms with E-state index in [2.05, 4.69) is 10.5 Å². The van der Waals surface area contributed by atoms with Crippen LogP contribution in [0.2, 0.25) is 5.02 Å². The molecule has 7 nitrogen and oxygen atoms in total. The molecule has 0 spiro atoms. The fourth-order valence-electron chi connectivity index (χ4n) is 3.24. The Kier molecular flexibility index (Phi) is 7.47. The number of ether oxygens (including phenoxy) is 1. The minimum atomic E-state index is -3.59. The lowest BCUT2D eigenvalue weighted by atomic mass is 9.98. The van der Waals surface area contributed by atoms with Gasteiger partial charge in [0.2, 0.25) is 15.9 Å². The Hall–Kier alpha value is -2.42. The van der Waals surface area contributed by atoms with E-state index in [1.54, 1.807) is 18.3 Å². The summed E-state index contributed by atoms with van der Waals surface area (Å²) < 4.78 is 32.4. The van der Waals surface area contributed by atoms with Crippen LogP contribution in [0.1, 0.15) is 25.3 Å². The van der Waals surface area contributed by atoms with Gasteiger partial charge in [-0.25, -0.2) is 13.8 Å². The normalized spacial score (nSPS) is 15.9. The topological polar surface area (TPSA) is 88.1 Å². The molecular weight excluding hydrogens is 426 g/mol. The van der Waals surface area contributed by atoms with Crippen LogP contribution in [0.25, 0.3) is 0 Å². The molecule has 0 bridgehead atoms. The molecule has 160 valence electrons. The lowest BCUT2D eigenvalue weighted by Crippen LogP contribution is -2.42. The van der Waals surface area contributed by atoms with E-state index in [0.29, 0.717) is 30.2 Å². The number of para-hydroxylation sites is 1. The van der Waals surface area contributed by atoms with Gasteiger partial charge in [-0.2, -0.15) is 9.41 Å². The predicted octanol–water partition coefficient (Wildman–Crippen LogP) is 3.29. The van der Waals surface area contributed by atoms with Gasteiger partial charge in [0.15, 0.2) is 0 Å². The van der Waals surface area contributed by atoms with E-state index in [9.17, 15) is 13.2 Å². The maximum absolute atomic E-state index is 12.7. The summed E-state index contributed by atoms with van der Waals surface area (Å²) in [6, 6.07) is 13.5. The number of benzene rings is 2. The third-order valence-electron chi connectivity index (χ3n) is 4.87. The van der Waals surface area contributed by atoms with Crippen molar-refractivity contribution in [1.82, 2.24) is 9.73 Å². The van der Waals surface area contributed by atoms with Crippen molar-refractivity contribution in [2.45, 2.75) is 24.7 Å². The van der Waals surface area contributed by atoms with E-state index in [-0.39, 0.29) is 29.8 Å². The molecule has 1 heterocycles. The molecule has 1 amide bonds. The summed E-state index contributed by atoms with van der Waals surface area (Å²) in [5.74, 6) is 0.184. The Morgan fingerprint density at radius 1 is 1.20 bits per heavy atom. The van der Waals surface area contributed by atoms with E-state index < -0.39 is 10.0 Å². The van der Waals surface area contributed by atoms with Crippen molar-refractivity contribution in [3.8, 4) is 5.75 Å². The van der Waals surface area contributed by atoms with Gasteiger partial charge in [0.25, 0.3) is 0 Å². The van der Waals surface area contributed by atoms with Gasteiger partial charge in [0.05, 0.1) is 17.7 Å². The molecule has 1 N–H and O–H groups in total. The first-order chi connectivity index (χ1) is 14.4. The Labute approximate surface area is 181 Å². The maximum atomic E-state index is 12.7. The molecule has 1 fully saturated rings. The maximum Gasteiger partial charge on any atom is 0.243 e. The number of hydrazone groups is 1. The Morgan fingerprint density at radius 2 is 1.87 bits per heavy atom. The molecule has 1 aliphatic heterocycles. The molecule has 0 unspecified atom stereocenters. The van der Waals surface area contributed by atoms with Crippen LogP contribution in [-0.2, 0) is 14.8 Å². The second kappa shape index (κ2) is 10.1. The van der Waals surface area contributed by atoms with Gasteiger partial charge >= 0.3 is 0 Å².